The van der Waals surface area contributed by atoms with Crippen LogP contribution in [0.5, 0.6) is 0 Å². The summed E-state index contributed by atoms with van der Waals surface area (Å²) in [7, 11) is 0. The number of hydrogen-bond donors (Lipinski definition) is 3. The monoisotopic (exact) mass is 294 g/mol. The van der Waals surface area contributed by atoms with Crippen molar-refractivity contribution in [1.29, 1.82) is 5.41 Å². The molecule has 0 aromatic rings. The molecule has 3 N–H and O–H groups in total. The number of aliphatic hydroxyl groups excluding tert-OH is 1. The molecule has 0 radical (unpaired) electrons. The second-order valence-corrected chi connectivity index (χ2v) is 6.25. The summed E-state index contributed by atoms with van der Waals surface area (Å²) in [6.45, 7) is 3.27. The van der Waals surface area contributed by atoms with Crippen molar-refractivity contribution in [3.05, 3.63) is 11.3 Å². The van der Waals surface area contributed by atoms with Crippen molar-refractivity contribution in [3.63, 3.8) is 0 Å². The Kier molecular flexibility index (Phi) is 6.71. The summed E-state index contributed by atoms with van der Waals surface area (Å²) in [6, 6.07) is 0. The summed E-state index contributed by atoms with van der Waals surface area (Å²) in [5.74, 6) is 0.880. The zero-order chi connectivity index (χ0) is 15.1. The second-order valence-electron chi connectivity index (χ2n) is 6.25. The number of rotatable bonds is 8. The standard InChI is InChI=1S/C17H30N2O2/c1-2-21-17(20)16(18)14-9-6-10-15(14)19-12-11-13-7-4-3-5-8-13/h13,17-20H,2-12H2,1H3. The van der Waals surface area contributed by atoms with Crippen LogP contribution in [0.2, 0.25) is 0 Å². The van der Waals surface area contributed by atoms with Crippen LogP contribution in [0, 0.1) is 11.3 Å². The van der Waals surface area contributed by atoms with E-state index >= 15 is 0 Å². The van der Waals surface area contributed by atoms with Crippen LogP contribution in [-0.2, 0) is 4.74 Å². The van der Waals surface area contributed by atoms with Gasteiger partial charge in [0.05, 0.1) is 5.71 Å². The second kappa shape index (κ2) is 8.54. The van der Waals surface area contributed by atoms with Crippen molar-refractivity contribution in [3.8, 4) is 0 Å². The van der Waals surface area contributed by atoms with Gasteiger partial charge in [0, 0.05) is 18.8 Å². The molecule has 0 bridgehead atoms. The Morgan fingerprint density at radius 2 is 2.05 bits per heavy atom. The van der Waals surface area contributed by atoms with E-state index in [1.165, 1.54) is 38.5 Å². The summed E-state index contributed by atoms with van der Waals surface area (Å²) >= 11 is 0. The Bertz CT molecular complexity index is 373. The van der Waals surface area contributed by atoms with Gasteiger partial charge in [0.15, 0.2) is 6.29 Å². The SMILES string of the molecule is CCOC(O)C(=N)C1=C(NCCC2CCCCC2)CCC1. The highest BCUT2D eigenvalue weighted by Crippen LogP contribution is 2.28. The summed E-state index contributed by atoms with van der Waals surface area (Å²) in [4.78, 5) is 0. The first-order valence-corrected chi connectivity index (χ1v) is 8.56. The van der Waals surface area contributed by atoms with Crippen molar-refractivity contribution in [2.24, 2.45) is 5.92 Å². The minimum atomic E-state index is -1.07. The highest BCUT2D eigenvalue weighted by Gasteiger charge is 2.23. The summed E-state index contributed by atoms with van der Waals surface area (Å²) in [5.41, 5.74) is 2.38. The molecule has 0 spiro atoms. The van der Waals surface area contributed by atoms with E-state index in [-0.39, 0.29) is 5.71 Å². The molecule has 120 valence electrons. The lowest BCUT2D eigenvalue weighted by atomic mass is 9.87. The Hall–Kier alpha value is -0.870. The van der Waals surface area contributed by atoms with E-state index in [0.717, 1.165) is 43.0 Å². The number of aliphatic hydroxyl groups is 1. The highest BCUT2D eigenvalue weighted by molar-refractivity contribution is 6.01. The Labute approximate surface area is 128 Å². The van der Waals surface area contributed by atoms with E-state index in [4.69, 9.17) is 10.1 Å². The molecule has 0 aromatic heterocycles. The average molecular weight is 294 g/mol. The van der Waals surface area contributed by atoms with Gasteiger partial charge in [0.1, 0.15) is 0 Å². The lowest BCUT2D eigenvalue weighted by Gasteiger charge is -2.22. The maximum atomic E-state index is 9.82. The van der Waals surface area contributed by atoms with Gasteiger partial charge >= 0.3 is 0 Å². The molecule has 1 fully saturated rings. The third-order valence-corrected chi connectivity index (χ3v) is 4.73. The Morgan fingerprint density at radius 3 is 2.76 bits per heavy atom. The summed E-state index contributed by atoms with van der Waals surface area (Å²) in [6.07, 6.45) is 10.1. The zero-order valence-corrected chi connectivity index (χ0v) is 13.3. The number of nitrogens with one attached hydrogen (secondary N) is 2. The third kappa shape index (κ3) is 4.82. The average Bonchev–Trinajstić information content (AvgIpc) is 2.96. The molecule has 2 rings (SSSR count). The van der Waals surface area contributed by atoms with Crippen molar-refractivity contribution in [1.82, 2.24) is 5.32 Å². The smallest absolute Gasteiger partial charge is 0.198 e. The largest absolute Gasteiger partial charge is 0.388 e. The van der Waals surface area contributed by atoms with Crippen molar-refractivity contribution in [2.45, 2.75) is 71.0 Å². The summed E-state index contributed by atoms with van der Waals surface area (Å²) < 4.78 is 5.13. The number of ether oxygens (including phenoxy) is 1. The Morgan fingerprint density at radius 1 is 1.29 bits per heavy atom. The molecule has 0 heterocycles. The van der Waals surface area contributed by atoms with Gasteiger partial charge in [-0.3, -0.25) is 5.41 Å². The molecule has 1 saturated carbocycles. The lowest BCUT2D eigenvalue weighted by Crippen LogP contribution is -2.27. The fraction of sp³-hybridized carbons (Fsp3) is 0.824. The van der Waals surface area contributed by atoms with Gasteiger partial charge in [0.2, 0.25) is 0 Å². The van der Waals surface area contributed by atoms with Crippen LogP contribution in [0.3, 0.4) is 0 Å². The van der Waals surface area contributed by atoms with Crippen LogP contribution in [0.15, 0.2) is 11.3 Å². The molecule has 0 amide bonds. The van der Waals surface area contributed by atoms with Crippen molar-refractivity contribution >= 4 is 5.71 Å². The van der Waals surface area contributed by atoms with Crippen LogP contribution in [0.4, 0.5) is 0 Å². The molecular formula is C17H30N2O2. The predicted molar refractivity (Wildman–Crippen MR) is 85.4 cm³/mol. The van der Waals surface area contributed by atoms with Gasteiger partial charge in [-0.2, -0.15) is 0 Å². The molecular weight excluding hydrogens is 264 g/mol. The fourth-order valence-corrected chi connectivity index (χ4v) is 3.53. The number of hydrogen-bond acceptors (Lipinski definition) is 4. The molecule has 1 unspecified atom stereocenters. The molecule has 0 aliphatic heterocycles. The van der Waals surface area contributed by atoms with Crippen LogP contribution in [-0.4, -0.2) is 30.3 Å². The zero-order valence-electron chi connectivity index (χ0n) is 13.3. The van der Waals surface area contributed by atoms with E-state index in [2.05, 4.69) is 5.32 Å². The van der Waals surface area contributed by atoms with E-state index in [1.54, 1.807) is 0 Å². The first-order chi connectivity index (χ1) is 10.2. The molecule has 0 saturated heterocycles. The van der Waals surface area contributed by atoms with Gasteiger partial charge in [-0.1, -0.05) is 32.1 Å². The minimum absolute atomic E-state index is 0.245. The molecule has 1 atom stereocenters. The maximum Gasteiger partial charge on any atom is 0.198 e. The summed E-state index contributed by atoms with van der Waals surface area (Å²) in [5, 5.41) is 21.4. The minimum Gasteiger partial charge on any atom is -0.388 e. The van der Waals surface area contributed by atoms with Crippen molar-refractivity contribution in [2.75, 3.05) is 13.2 Å². The van der Waals surface area contributed by atoms with Gasteiger partial charge < -0.3 is 15.2 Å². The van der Waals surface area contributed by atoms with Gasteiger partial charge in [-0.15, -0.1) is 0 Å². The van der Waals surface area contributed by atoms with Gasteiger partial charge in [-0.25, -0.2) is 0 Å². The van der Waals surface area contributed by atoms with Crippen LogP contribution >= 0.6 is 0 Å². The topological polar surface area (TPSA) is 65.3 Å². The first-order valence-electron chi connectivity index (χ1n) is 8.56. The van der Waals surface area contributed by atoms with Gasteiger partial charge in [0.25, 0.3) is 0 Å². The van der Waals surface area contributed by atoms with E-state index in [0.29, 0.717) is 6.61 Å². The third-order valence-electron chi connectivity index (χ3n) is 4.73. The Balaban J connectivity index is 1.81. The maximum absolute atomic E-state index is 9.82. The predicted octanol–water partition coefficient (Wildman–Crippen LogP) is 3.36. The first kappa shape index (κ1) is 16.5. The highest BCUT2D eigenvalue weighted by atomic mass is 16.6. The number of allylic oxidation sites excluding steroid dienone is 1. The quantitative estimate of drug-likeness (QED) is 0.475. The van der Waals surface area contributed by atoms with Crippen LogP contribution in [0.25, 0.3) is 0 Å². The molecule has 21 heavy (non-hydrogen) atoms. The molecule has 2 aliphatic carbocycles. The fourth-order valence-electron chi connectivity index (χ4n) is 3.53. The molecule has 4 heteroatoms. The molecule has 0 aromatic carbocycles. The van der Waals surface area contributed by atoms with E-state index < -0.39 is 6.29 Å². The van der Waals surface area contributed by atoms with Gasteiger partial charge in [-0.05, 0) is 44.1 Å². The molecule has 2 aliphatic rings. The van der Waals surface area contributed by atoms with Crippen LogP contribution < -0.4 is 5.32 Å². The normalized spacial score (nSPS) is 21.6. The lowest BCUT2D eigenvalue weighted by molar-refractivity contribution is -0.0442. The van der Waals surface area contributed by atoms with Crippen molar-refractivity contribution < 1.29 is 9.84 Å². The van der Waals surface area contributed by atoms with E-state index in [9.17, 15) is 5.11 Å². The van der Waals surface area contributed by atoms with E-state index in [1.807, 2.05) is 6.92 Å². The molecule has 4 nitrogen and oxygen atoms in total. The van der Waals surface area contributed by atoms with Crippen LogP contribution in [0.1, 0.15) is 64.7 Å².